The van der Waals surface area contributed by atoms with Crippen molar-refractivity contribution in [3.05, 3.63) is 92.6 Å². The molecule has 0 amide bonds. The summed E-state index contributed by atoms with van der Waals surface area (Å²) in [4.78, 5) is 25.1. The molecule has 2 heterocycles. The molecule has 2 atom stereocenters. The van der Waals surface area contributed by atoms with Crippen LogP contribution in [0.5, 0.6) is 0 Å². The third kappa shape index (κ3) is 2.52. The maximum atomic E-state index is 12.6. The highest BCUT2D eigenvalue weighted by atomic mass is 16.3. The van der Waals surface area contributed by atoms with E-state index < -0.39 is 23.1 Å². The lowest BCUT2D eigenvalue weighted by atomic mass is 9.98. The van der Waals surface area contributed by atoms with E-state index in [0.29, 0.717) is 11.2 Å². The van der Waals surface area contributed by atoms with Gasteiger partial charge in [-0.25, -0.2) is 0 Å². The van der Waals surface area contributed by atoms with E-state index in [4.69, 9.17) is 8.83 Å². The molecule has 0 saturated heterocycles. The van der Waals surface area contributed by atoms with Crippen LogP contribution in [0, 0.1) is 0 Å². The van der Waals surface area contributed by atoms with E-state index >= 15 is 0 Å². The second-order valence-electron chi connectivity index (χ2n) is 5.92. The molecular formula is C20H14O6. The molecule has 4 aromatic rings. The van der Waals surface area contributed by atoms with Crippen LogP contribution in [0.1, 0.15) is 23.3 Å². The van der Waals surface area contributed by atoms with E-state index in [-0.39, 0.29) is 21.9 Å². The van der Waals surface area contributed by atoms with E-state index in [2.05, 4.69) is 0 Å². The smallest absolute Gasteiger partial charge is 0.198 e. The monoisotopic (exact) mass is 350 g/mol. The highest BCUT2D eigenvalue weighted by Crippen LogP contribution is 2.27. The molecular weight excluding hydrogens is 336 g/mol. The molecule has 0 aliphatic heterocycles. The number of aliphatic hydroxyl groups is 2. The first kappa shape index (κ1) is 16.3. The minimum absolute atomic E-state index is 0.135. The van der Waals surface area contributed by atoms with E-state index in [1.165, 1.54) is 0 Å². The van der Waals surface area contributed by atoms with Gasteiger partial charge in [0.25, 0.3) is 0 Å². The van der Waals surface area contributed by atoms with Gasteiger partial charge in [0.05, 0.1) is 21.9 Å². The van der Waals surface area contributed by atoms with Gasteiger partial charge < -0.3 is 19.0 Å². The summed E-state index contributed by atoms with van der Waals surface area (Å²) in [6, 6.07) is 13.2. The van der Waals surface area contributed by atoms with Crippen LogP contribution in [0.25, 0.3) is 21.9 Å². The van der Waals surface area contributed by atoms with Crippen LogP contribution in [0.3, 0.4) is 0 Å². The summed E-state index contributed by atoms with van der Waals surface area (Å²) in [6.07, 6.45) is -1.08. The summed E-state index contributed by atoms with van der Waals surface area (Å²) < 4.78 is 10.7. The summed E-state index contributed by atoms with van der Waals surface area (Å²) in [5.41, 5.74) is -0.471. The molecule has 0 saturated carbocycles. The highest BCUT2D eigenvalue weighted by molar-refractivity contribution is 5.77. The zero-order valence-corrected chi connectivity index (χ0v) is 13.5. The summed E-state index contributed by atoms with van der Waals surface area (Å²) in [6.45, 7) is 0. The first-order valence-corrected chi connectivity index (χ1v) is 7.95. The number of aliphatic hydroxyl groups excluding tert-OH is 2. The zero-order chi connectivity index (χ0) is 18.3. The van der Waals surface area contributed by atoms with Gasteiger partial charge in [-0.1, -0.05) is 24.3 Å². The van der Waals surface area contributed by atoms with Crippen molar-refractivity contribution in [1.29, 1.82) is 0 Å². The van der Waals surface area contributed by atoms with Gasteiger partial charge in [0.2, 0.25) is 0 Å². The van der Waals surface area contributed by atoms with Gasteiger partial charge in [0.1, 0.15) is 35.9 Å². The Morgan fingerprint density at radius 1 is 0.654 bits per heavy atom. The van der Waals surface area contributed by atoms with E-state index in [1.54, 1.807) is 48.5 Å². The Labute approximate surface area is 146 Å². The van der Waals surface area contributed by atoms with E-state index in [9.17, 15) is 19.8 Å². The summed E-state index contributed by atoms with van der Waals surface area (Å²) in [5.74, 6) is 0. The van der Waals surface area contributed by atoms with Gasteiger partial charge in [-0.3, -0.25) is 9.59 Å². The Morgan fingerprint density at radius 2 is 1.04 bits per heavy atom. The molecule has 0 radical (unpaired) electrons. The largest absolute Gasteiger partial charge is 0.464 e. The minimum atomic E-state index is -1.64. The quantitative estimate of drug-likeness (QED) is 0.589. The lowest BCUT2D eigenvalue weighted by Crippen LogP contribution is -2.23. The number of hydrogen-bond donors (Lipinski definition) is 2. The SMILES string of the molecule is O=c1c([C@@H](O)[C@@H](O)c2coc3ccccc3c2=O)coc2ccccc12. The van der Waals surface area contributed by atoms with Gasteiger partial charge in [0.15, 0.2) is 10.9 Å². The van der Waals surface area contributed by atoms with Gasteiger partial charge in [-0.2, -0.15) is 0 Å². The molecule has 2 N–H and O–H groups in total. The van der Waals surface area contributed by atoms with Crippen LogP contribution < -0.4 is 10.9 Å². The van der Waals surface area contributed by atoms with Crippen molar-refractivity contribution in [3.8, 4) is 0 Å². The van der Waals surface area contributed by atoms with Crippen LogP contribution in [0.15, 0.2) is 79.5 Å². The number of rotatable bonds is 3. The van der Waals surface area contributed by atoms with Crippen molar-refractivity contribution >= 4 is 21.9 Å². The third-order valence-corrected chi connectivity index (χ3v) is 4.35. The third-order valence-electron chi connectivity index (χ3n) is 4.35. The highest BCUT2D eigenvalue weighted by Gasteiger charge is 2.27. The average molecular weight is 350 g/mol. The maximum Gasteiger partial charge on any atom is 0.198 e. The van der Waals surface area contributed by atoms with Crippen molar-refractivity contribution < 1.29 is 19.0 Å². The first-order chi connectivity index (χ1) is 12.6. The predicted molar refractivity (Wildman–Crippen MR) is 94.9 cm³/mol. The molecule has 4 rings (SSSR count). The Hall–Kier alpha value is -3.22. The van der Waals surface area contributed by atoms with Crippen molar-refractivity contribution in [2.45, 2.75) is 12.2 Å². The molecule has 0 bridgehead atoms. The van der Waals surface area contributed by atoms with Crippen molar-refractivity contribution in [3.63, 3.8) is 0 Å². The second kappa shape index (κ2) is 6.25. The summed E-state index contributed by atoms with van der Waals surface area (Å²) in [7, 11) is 0. The molecule has 26 heavy (non-hydrogen) atoms. The molecule has 0 fully saturated rings. The van der Waals surface area contributed by atoms with Crippen LogP contribution in [0.2, 0.25) is 0 Å². The van der Waals surface area contributed by atoms with Crippen LogP contribution in [-0.2, 0) is 0 Å². The Bertz CT molecular complexity index is 1120. The van der Waals surface area contributed by atoms with Crippen LogP contribution in [0.4, 0.5) is 0 Å². The summed E-state index contributed by atoms with van der Waals surface area (Å²) in [5, 5.41) is 21.5. The average Bonchev–Trinajstić information content (AvgIpc) is 2.68. The van der Waals surface area contributed by atoms with Crippen molar-refractivity contribution in [1.82, 2.24) is 0 Å². The van der Waals surface area contributed by atoms with Crippen LogP contribution in [-0.4, -0.2) is 10.2 Å². The van der Waals surface area contributed by atoms with Gasteiger partial charge >= 0.3 is 0 Å². The van der Waals surface area contributed by atoms with Gasteiger partial charge in [-0.05, 0) is 24.3 Å². The molecule has 0 unspecified atom stereocenters. The fourth-order valence-corrected chi connectivity index (χ4v) is 2.93. The molecule has 0 aliphatic carbocycles. The first-order valence-electron chi connectivity index (χ1n) is 7.95. The summed E-state index contributed by atoms with van der Waals surface area (Å²) >= 11 is 0. The number of fused-ring (bicyclic) bond motifs is 2. The van der Waals surface area contributed by atoms with Crippen LogP contribution >= 0.6 is 0 Å². The minimum Gasteiger partial charge on any atom is -0.464 e. The fourth-order valence-electron chi connectivity index (χ4n) is 2.93. The lowest BCUT2D eigenvalue weighted by Gasteiger charge is -2.17. The van der Waals surface area contributed by atoms with E-state index in [0.717, 1.165) is 12.5 Å². The van der Waals surface area contributed by atoms with E-state index in [1.807, 2.05) is 0 Å². The standard InChI is InChI=1S/C20H14O6/c21-17-11-5-1-3-7-15(11)25-9-13(17)19(23)20(24)14-10-26-16-8-4-2-6-12(16)18(14)22/h1-10,19-20,23-24H/t19-,20+. The molecule has 0 spiro atoms. The molecule has 6 heteroatoms. The Kier molecular flexibility index (Phi) is 3.91. The predicted octanol–water partition coefficient (Wildman–Crippen LogP) is 2.67. The number of hydrogen-bond acceptors (Lipinski definition) is 6. The second-order valence-corrected chi connectivity index (χ2v) is 5.92. The number of para-hydroxylation sites is 2. The maximum absolute atomic E-state index is 12.6. The fraction of sp³-hybridized carbons (Fsp3) is 0.100. The zero-order valence-electron chi connectivity index (χ0n) is 13.5. The lowest BCUT2D eigenvalue weighted by molar-refractivity contribution is 0.0143. The van der Waals surface area contributed by atoms with Crippen molar-refractivity contribution in [2.24, 2.45) is 0 Å². The molecule has 6 nitrogen and oxygen atoms in total. The van der Waals surface area contributed by atoms with Gasteiger partial charge in [0, 0.05) is 0 Å². The molecule has 2 aromatic carbocycles. The normalized spacial score (nSPS) is 13.8. The molecule has 130 valence electrons. The Morgan fingerprint density at radius 3 is 1.46 bits per heavy atom. The molecule has 0 aliphatic rings. The molecule has 2 aromatic heterocycles. The van der Waals surface area contributed by atoms with Gasteiger partial charge in [-0.15, -0.1) is 0 Å². The van der Waals surface area contributed by atoms with Crippen molar-refractivity contribution in [2.75, 3.05) is 0 Å². The Balaban J connectivity index is 1.81. The number of benzene rings is 2. The topological polar surface area (TPSA) is 101 Å².